The van der Waals surface area contributed by atoms with Crippen LogP contribution in [0.4, 0.5) is 15.8 Å². The predicted octanol–water partition coefficient (Wildman–Crippen LogP) is 3.19. The van der Waals surface area contributed by atoms with Gasteiger partial charge in [0.1, 0.15) is 5.82 Å². The Morgan fingerprint density at radius 1 is 1.43 bits per heavy atom. The van der Waals surface area contributed by atoms with Crippen LogP contribution in [-0.4, -0.2) is 24.4 Å². The van der Waals surface area contributed by atoms with Gasteiger partial charge >= 0.3 is 0 Å². The number of nitrogen functional groups attached to an aromatic ring is 1. The smallest absolute Gasteiger partial charge is 0.238 e. The van der Waals surface area contributed by atoms with E-state index >= 15 is 0 Å². The van der Waals surface area contributed by atoms with Crippen LogP contribution >= 0.6 is 22.9 Å². The number of carbonyl (C=O) groups is 1. The summed E-state index contributed by atoms with van der Waals surface area (Å²) in [5.41, 5.74) is 5.94. The zero-order chi connectivity index (χ0) is 15.4. The third-order valence-corrected chi connectivity index (χ3v) is 3.96. The van der Waals surface area contributed by atoms with Crippen molar-refractivity contribution in [3.05, 3.63) is 45.4 Å². The summed E-state index contributed by atoms with van der Waals surface area (Å²) in [6.07, 6.45) is 0. The molecule has 4 nitrogen and oxygen atoms in total. The van der Waals surface area contributed by atoms with Gasteiger partial charge in [0, 0.05) is 17.1 Å². The Hall–Kier alpha value is -1.63. The van der Waals surface area contributed by atoms with E-state index in [9.17, 15) is 9.18 Å². The van der Waals surface area contributed by atoms with Crippen LogP contribution in [0.2, 0.25) is 4.34 Å². The molecule has 1 amide bonds. The van der Waals surface area contributed by atoms with Crippen molar-refractivity contribution in [1.82, 2.24) is 4.90 Å². The summed E-state index contributed by atoms with van der Waals surface area (Å²) >= 11 is 7.35. The first kappa shape index (κ1) is 15.8. The number of benzene rings is 1. The van der Waals surface area contributed by atoms with Crippen molar-refractivity contribution < 1.29 is 9.18 Å². The minimum absolute atomic E-state index is 0.00869. The quantitative estimate of drug-likeness (QED) is 0.829. The molecule has 21 heavy (non-hydrogen) atoms. The number of thiophene rings is 1. The summed E-state index contributed by atoms with van der Waals surface area (Å²) in [6, 6.07) is 7.86. The molecule has 0 spiro atoms. The van der Waals surface area contributed by atoms with Crippen LogP contribution in [0.1, 0.15) is 4.88 Å². The molecular formula is C14H15ClFN3OS. The second-order valence-corrected chi connectivity index (χ2v) is 6.46. The molecule has 0 radical (unpaired) electrons. The lowest BCUT2D eigenvalue weighted by atomic mass is 10.2. The topological polar surface area (TPSA) is 58.4 Å². The average molecular weight is 328 g/mol. The van der Waals surface area contributed by atoms with Crippen LogP contribution in [0.15, 0.2) is 30.3 Å². The molecule has 1 aromatic carbocycles. The minimum Gasteiger partial charge on any atom is -0.396 e. The van der Waals surface area contributed by atoms with E-state index in [1.165, 1.54) is 29.5 Å². The van der Waals surface area contributed by atoms with Crippen molar-refractivity contribution in [2.45, 2.75) is 6.54 Å². The molecule has 0 aliphatic rings. The van der Waals surface area contributed by atoms with Gasteiger partial charge in [-0.05, 0) is 37.4 Å². The number of nitrogens with one attached hydrogen (secondary N) is 1. The van der Waals surface area contributed by atoms with Crippen molar-refractivity contribution in [1.29, 1.82) is 0 Å². The van der Waals surface area contributed by atoms with E-state index in [2.05, 4.69) is 5.32 Å². The third kappa shape index (κ3) is 4.70. The predicted molar refractivity (Wildman–Crippen MR) is 85.1 cm³/mol. The summed E-state index contributed by atoms with van der Waals surface area (Å²) < 4.78 is 13.8. The standard InChI is InChI=1S/C14H15ClFN3OS/c1-19(7-10-3-5-13(15)21-10)8-14(20)18-9-2-4-11(16)12(17)6-9/h2-6H,7-8,17H2,1H3,(H,18,20). The SMILES string of the molecule is CN(CC(=O)Nc1ccc(F)c(N)c1)Cc1ccc(Cl)s1. The van der Waals surface area contributed by atoms with Gasteiger partial charge in [0.05, 0.1) is 16.6 Å². The molecule has 2 aromatic rings. The second-order valence-electron chi connectivity index (χ2n) is 4.66. The van der Waals surface area contributed by atoms with Gasteiger partial charge in [-0.15, -0.1) is 11.3 Å². The largest absolute Gasteiger partial charge is 0.396 e. The fourth-order valence-electron chi connectivity index (χ4n) is 1.83. The fraction of sp³-hybridized carbons (Fsp3) is 0.214. The molecule has 0 aliphatic heterocycles. The Morgan fingerprint density at radius 3 is 2.81 bits per heavy atom. The van der Waals surface area contributed by atoms with Gasteiger partial charge < -0.3 is 11.1 Å². The zero-order valence-corrected chi connectivity index (χ0v) is 13.0. The van der Waals surface area contributed by atoms with Crippen molar-refractivity contribution in [2.24, 2.45) is 0 Å². The fourth-order valence-corrected chi connectivity index (χ4v) is 2.99. The van der Waals surface area contributed by atoms with E-state index in [4.69, 9.17) is 17.3 Å². The number of halogens is 2. The molecule has 3 N–H and O–H groups in total. The summed E-state index contributed by atoms with van der Waals surface area (Å²) in [5, 5.41) is 2.68. The first-order valence-electron chi connectivity index (χ1n) is 6.21. The Morgan fingerprint density at radius 2 is 2.19 bits per heavy atom. The maximum Gasteiger partial charge on any atom is 0.238 e. The highest BCUT2D eigenvalue weighted by Crippen LogP contribution is 2.22. The molecule has 0 fully saturated rings. The monoisotopic (exact) mass is 327 g/mol. The zero-order valence-electron chi connectivity index (χ0n) is 11.4. The van der Waals surface area contributed by atoms with Gasteiger partial charge in [0.15, 0.2) is 0 Å². The highest BCUT2D eigenvalue weighted by atomic mass is 35.5. The third-order valence-electron chi connectivity index (χ3n) is 2.75. The van der Waals surface area contributed by atoms with E-state index in [0.717, 1.165) is 9.21 Å². The molecule has 0 atom stereocenters. The number of anilines is 2. The number of rotatable bonds is 5. The van der Waals surface area contributed by atoms with E-state index in [1.807, 2.05) is 24.1 Å². The molecule has 0 unspecified atom stereocenters. The molecule has 1 heterocycles. The summed E-state index contributed by atoms with van der Waals surface area (Å²) in [7, 11) is 1.84. The molecule has 2 rings (SSSR count). The van der Waals surface area contributed by atoms with Crippen molar-refractivity contribution >= 4 is 40.2 Å². The number of hydrogen-bond acceptors (Lipinski definition) is 4. The lowest BCUT2D eigenvalue weighted by Gasteiger charge is -2.15. The number of amides is 1. The molecule has 0 saturated heterocycles. The van der Waals surface area contributed by atoms with Crippen LogP contribution < -0.4 is 11.1 Å². The van der Waals surface area contributed by atoms with Gasteiger partial charge in [-0.1, -0.05) is 11.6 Å². The van der Waals surface area contributed by atoms with Gasteiger partial charge in [-0.3, -0.25) is 9.69 Å². The van der Waals surface area contributed by atoms with Crippen LogP contribution in [0.3, 0.4) is 0 Å². The van der Waals surface area contributed by atoms with E-state index in [0.29, 0.717) is 12.2 Å². The van der Waals surface area contributed by atoms with Gasteiger partial charge in [0.2, 0.25) is 5.91 Å². The van der Waals surface area contributed by atoms with Gasteiger partial charge in [-0.2, -0.15) is 0 Å². The van der Waals surface area contributed by atoms with Crippen molar-refractivity contribution in [3.8, 4) is 0 Å². The lowest BCUT2D eigenvalue weighted by Crippen LogP contribution is -2.29. The number of nitrogens with two attached hydrogens (primary N) is 1. The van der Waals surface area contributed by atoms with Crippen molar-refractivity contribution in [2.75, 3.05) is 24.6 Å². The maximum atomic E-state index is 13.0. The Labute approximate surface area is 131 Å². The normalized spacial score (nSPS) is 10.9. The molecule has 7 heteroatoms. The molecule has 0 bridgehead atoms. The summed E-state index contributed by atoms with van der Waals surface area (Å²) in [4.78, 5) is 14.9. The number of likely N-dealkylation sites (N-methyl/N-ethyl adjacent to an activating group) is 1. The van der Waals surface area contributed by atoms with Crippen LogP contribution in [-0.2, 0) is 11.3 Å². The summed E-state index contributed by atoms with van der Waals surface area (Å²) in [5.74, 6) is -0.689. The van der Waals surface area contributed by atoms with E-state index < -0.39 is 5.82 Å². The lowest BCUT2D eigenvalue weighted by molar-refractivity contribution is -0.117. The molecule has 0 saturated carbocycles. The first-order chi connectivity index (χ1) is 9.94. The average Bonchev–Trinajstić information content (AvgIpc) is 2.79. The van der Waals surface area contributed by atoms with Crippen LogP contribution in [0.5, 0.6) is 0 Å². The van der Waals surface area contributed by atoms with Crippen LogP contribution in [0.25, 0.3) is 0 Å². The Kier molecular flexibility index (Phi) is 5.17. The summed E-state index contributed by atoms with van der Waals surface area (Å²) in [6.45, 7) is 0.850. The van der Waals surface area contributed by atoms with Gasteiger partial charge in [-0.25, -0.2) is 4.39 Å². The number of hydrogen-bond donors (Lipinski definition) is 2. The molecule has 0 aliphatic carbocycles. The van der Waals surface area contributed by atoms with Crippen LogP contribution in [0, 0.1) is 5.82 Å². The Balaban J connectivity index is 1.87. The minimum atomic E-state index is -0.500. The highest BCUT2D eigenvalue weighted by Gasteiger charge is 2.09. The molecule has 1 aromatic heterocycles. The van der Waals surface area contributed by atoms with Gasteiger partial charge in [0.25, 0.3) is 0 Å². The molecular weight excluding hydrogens is 313 g/mol. The number of carbonyl (C=O) groups excluding carboxylic acids is 1. The molecule has 112 valence electrons. The van der Waals surface area contributed by atoms with E-state index in [1.54, 1.807) is 0 Å². The maximum absolute atomic E-state index is 13.0. The van der Waals surface area contributed by atoms with E-state index in [-0.39, 0.29) is 18.1 Å². The highest BCUT2D eigenvalue weighted by molar-refractivity contribution is 7.16. The second kappa shape index (κ2) is 6.89. The van der Waals surface area contributed by atoms with Crippen molar-refractivity contribution in [3.63, 3.8) is 0 Å². The number of nitrogens with zero attached hydrogens (tertiary/aromatic N) is 1. The Bertz CT molecular complexity index is 647. The first-order valence-corrected chi connectivity index (χ1v) is 7.41.